The highest BCUT2D eigenvalue weighted by Crippen LogP contribution is 2.31. The van der Waals surface area contributed by atoms with Crippen LogP contribution in [0, 0.1) is 0 Å². The molecule has 2 fully saturated rings. The standard InChI is InChI=1S/C14H29N3/c1-16(2)14(8-5-4-6-9-14)12-15-13-7-10-17(3)11-13/h13,15H,4-12H2,1-3H3. The summed E-state index contributed by atoms with van der Waals surface area (Å²) in [5.74, 6) is 0. The van der Waals surface area contributed by atoms with Crippen molar-refractivity contribution in [2.75, 3.05) is 40.8 Å². The molecule has 0 radical (unpaired) electrons. The number of likely N-dealkylation sites (tertiary alicyclic amines) is 1. The first-order valence-corrected chi connectivity index (χ1v) is 7.22. The summed E-state index contributed by atoms with van der Waals surface area (Å²) in [6, 6.07) is 0.721. The SMILES string of the molecule is CN1CCC(NCC2(N(C)C)CCCCC2)C1. The lowest BCUT2D eigenvalue weighted by atomic mass is 9.80. The molecule has 1 aliphatic carbocycles. The van der Waals surface area contributed by atoms with E-state index >= 15 is 0 Å². The molecule has 1 atom stereocenters. The van der Waals surface area contributed by atoms with Gasteiger partial charge in [0.1, 0.15) is 0 Å². The van der Waals surface area contributed by atoms with Gasteiger partial charge in [0.2, 0.25) is 0 Å². The lowest BCUT2D eigenvalue weighted by Crippen LogP contribution is -2.54. The maximum Gasteiger partial charge on any atom is 0.0328 e. The van der Waals surface area contributed by atoms with E-state index in [2.05, 4.69) is 36.3 Å². The Labute approximate surface area is 107 Å². The lowest BCUT2D eigenvalue weighted by molar-refractivity contribution is 0.0955. The zero-order valence-electron chi connectivity index (χ0n) is 11.8. The molecule has 1 saturated carbocycles. The van der Waals surface area contributed by atoms with Crippen LogP contribution in [0.15, 0.2) is 0 Å². The molecule has 3 nitrogen and oxygen atoms in total. The van der Waals surface area contributed by atoms with Crippen LogP contribution in [0.25, 0.3) is 0 Å². The summed E-state index contributed by atoms with van der Waals surface area (Å²) in [5.41, 5.74) is 0.430. The topological polar surface area (TPSA) is 18.5 Å². The Hall–Kier alpha value is -0.120. The largest absolute Gasteiger partial charge is 0.311 e. The molecule has 17 heavy (non-hydrogen) atoms. The average Bonchev–Trinajstić information content (AvgIpc) is 2.74. The van der Waals surface area contributed by atoms with Crippen molar-refractivity contribution < 1.29 is 0 Å². The van der Waals surface area contributed by atoms with Crippen molar-refractivity contribution in [3.63, 3.8) is 0 Å². The van der Waals surface area contributed by atoms with Gasteiger partial charge in [0.05, 0.1) is 0 Å². The molecule has 1 saturated heterocycles. The van der Waals surface area contributed by atoms with E-state index in [1.165, 1.54) is 58.2 Å². The van der Waals surface area contributed by atoms with Crippen molar-refractivity contribution in [1.82, 2.24) is 15.1 Å². The smallest absolute Gasteiger partial charge is 0.0328 e. The number of rotatable bonds is 4. The number of nitrogens with one attached hydrogen (secondary N) is 1. The molecule has 1 N–H and O–H groups in total. The second-order valence-electron chi connectivity index (χ2n) is 6.31. The van der Waals surface area contributed by atoms with Gasteiger partial charge in [-0.3, -0.25) is 0 Å². The molecule has 2 aliphatic rings. The van der Waals surface area contributed by atoms with Crippen LogP contribution in [0.4, 0.5) is 0 Å². The predicted molar refractivity (Wildman–Crippen MR) is 73.4 cm³/mol. The van der Waals surface area contributed by atoms with E-state index in [0.29, 0.717) is 5.54 Å². The highest BCUT2D eigenvalue weighted by molar-refractivity contribution is 4.94. The molecule has 0 amide bonds. The summed E-state index contributed by atoms with van der Waals surface area (Å²) in [6.07, 6.45) is 8.31. The van der Waals surface area contributed by atoms with Crippen LogP contribution in [0.5, 0.6) is 0 Å². The molecule has 3 heteroatoms. The fraction of sp³-hybridized carbons (Fsp3) is 1.00. The Bertz CT molecular complexity index is 234. The molecule has 100 valence electrons. The van der Waals surface area contributed by atoms with Crippen molar-refractivity contribution in [3.05, 3.63) is 0 Å². The molecular weight excluding hydrogens is 210 g/mol. The second-order valence-corrected chi connectivity index (χ2v) is 6.31. The van der Waals surface area contributed by atoms with Gasteiger partial charge in [-0.05, 0) is 47.0 Å². The summed E-state index contributed by atoms with van der Waals surface area (Å²) in [6.45, 7) is 3.66. The molecule has 2 rings (SSSR count). The second kappa shape index (κ2) is 5.68. The van der Waals surface area contributed by atoms with Crippen molar-refractivity contribution >= 4 is 0 Å². The van der Waals surface area contributed by atoms with Crippen LogP contribution in [0.2, 0.25) is 0 Å². The van der Waals surface area contributed by atoms with Gasteiger partial charge >= 0.3 is 0 Å². The van der Waals surface area contributed by atoms with Gasteiger partial charge in [0.25, 0.3) is 0 Å². The maximum absolute atomic E-state index is 3.82. The highest BCUT2D eigenvalue weighted by Gasteiger charge is 2.34. The molecular formula is C14H29N3. The number of likely N-dealkylation sites (N-methyl/N-ethyl adjacent to an activating group) is 2. The van der Waals surface area contributed by atoms with Crippen LogP contribution < -0.4 is 5.32 Å². The van der Waals surface area contributed by atoms with Gasteiger partial charge in [-0.2, -0.15) is 0 Å². The van der Waals surface area contributed by atoms with Crippen LogP contribution in [0.1, 0.15) is 38.5 Å². The van der Waals surface area contributed by atoms with Crippen LogP contribution >= 0.6 is 0 Å². The van der Waals surface area contributed by atoms with E-state index in [9.17, 15) is 0 Å². The minimum absolute atomic E-state index is 0.430. The fourth-order valence-corrected chi connectivity index (χ4v) is 3.43. The van der Waals surface area contributed by atoms with Crippen molar-refractivity contribution in [2.45, 2.75) is 50.1 Å². The summed E-state index contributed by atoms with van der Waals surface area (Å²) in [5, 5.41) is 3.82. The van der Waals surface area contributed by atoms with E-state index in [1.54, 1.807) is 0 Å². The van der Waals surface area contributed by atoms with E-state index in [0.717, 1.165) is 6.04 Å². The van der Waals surface area contributed by atoms with E-state index in [1.807, 2.05) is 0 Å². The third kappa shape index (κ3) is 3.21. The van der Waals surface area contributed by atoms with Gasteiger partial charge in [0, 0.05) is 24.7 Å². The average molecular weight is 239 g/mol. The van der Waals surface area contributed by atoms with Crippen LogP contribution in [-0.4, -0.2) is 62.2 Å². The quantitative estimate of drug-likeness (QED) is 0.803. The first-order chi connectivity index (χ1) is 8.12. The molecule has 0 aromatic heterocycles. The minimum Gasteiger partial charge on any atom is -0.311 e. The summed E-state index contributed by atoms with van der Waals surface area (Å²) < 4.78 is 0. The molecule has 0 bridgehead atoms. The van der Waals surface area contributed by atoms with E-state index in [-0.39, 0.29) is 0 Å². The number of hydrogen-bond acceptors (Lipinski definition) is 3. The van der Waals surface area contributed by atoms with Gasteiger partial charge in [-0.1, -0.05) is 19.3 Å². The zero-order chi connectivity index (χ0) is 12.3. The minimum atomic E-state index is 0.430. The van der Waals surface area contributed by atoms with Crippen LogP contribution in [0.3, 0.4) is 0 Å². The molecule has 0 aromatic carbocycles. The normalized spacial score (nSPS) is 30.0. The Kier molecular flexibility index (Phi) is 4.45. The van der Waals surface area contributed by atoms with Gasteiger partial charge in [0.15, 0.2) is 0 Å². The fourth-order valence-electron chi connectivity index (χ4n) is 3.43. The lowest BCUT2D eigenvalue weighted by Gasteiger charge is -2.44. The third-order valence-corrected chi connectivity index (χ3v) is 4.84. The van der Waals surface area contributed by atoms with Crippen LogP contribution in [-0.2, 0) is 0 Å². The Balaban J connectivity index is 1.85. The number of nitrogens with zero attached hydrogens (tertiary/aromatic N) is 2. The van der Waals surface area contributed by atoms with Crippen molar-refractivity contribution in [3.8, 4) is 0 Å². The summed E-state index contributed by atoms with van der Waals surface area (Å²) in [4.78, 5) is 4.90. The zero-order valence-corrected chi connectivity index (χ0v) is 11.8. The summed E-state index contributed by atoms with van der Waals surface area (Å²) in [7, 11) is 6.74. The van der Waals surface area contributed by atoms with Crippen molar-refractivity contribution in [1.29, 1.82) is 0 Å². The van der Waals surface area contributed by atoms with E-state index < -0.39 is 0 Å². The first-order valence-electron chi connectivity index (χ1n) is 7.22. The maximum atomic E-state index is 3.82. The molecule has 1 aliphatic heterocycles. The van der Waals surface area contributed by atoms with E-state index in [4.69, 9.17) is 0 Å². The van der Waals surface area contributed by atoms with Crippen molar-refractivity contribution in [2.24, 2.45) is 0 Å². The first kappa shape index (κ1) is 13.3. The monoisotopic (exact) mass is 239 g/mol. The highest BCUT2D eigenvalue weighted by atomic mass is 15.2. The third-order valence-electron chi connectivity index (χ3n) is 4.84. The Morgan fingerprint density at radius 1 is 1.24 bits per heavy atom. The van der Waals surface area contributed by atoms with Gasteiger partial charge in [-0.25, -0.2) is 0 Å². The summed E-state index contributed by atoms with van der Waals surface area (Å²) >= 11 is 0. The molecule has 0 spiro atoms. The molecule has 1 unspecified atom stereocenters. The molecule has 1 heterocycles. The number of hydrogen-bond donors (Lipinski definition) is 1. The van der Waals surface area contributed by atoms with Gasteiger partial charge < -0.3 is 15.1 Å². The Morgan fingerprint density at radius 2 is 1.94 bits per heavy atom. The van der Waals surface area contributed by atoms with Gasteiger partial charge in [-0.15, -0.1) is 0 Å². The predicted octanol–water partition coefficient (Wildman–Crippen LogP) is 1.54. The molecule has 0 aromatic rings. The Morgan fingerprint density at radius 3 is 2.47 bits per heavy atom.